The normalized spacial score (nSPS) is 14.9. The van der Waals surface area contributed by atoms with Gasteiger partial charge in [-0.15, -0.1) is 11.6 Å². The summed E-state index contributed by atoms with van der Waals surface area (Å²) in [5.74, 6) is 2.03. The summed E-state index contributed by atoms with van der Waals surface area (Å²) >= 11 is 11.8. The molecule has 1 aromatic heterocycles. The molecule has 0 saturated carbocycles. The molecule has 0 radical (unpaired) electrons. The quantitative estimate of drug-likeness (QED) is 0.115. The van der Waals surface area contributed by atoms with Crippen molar-refractivity contribution in [1.29, 1.82) is 5.41 Å². The van der Waals surface area contributed by atoms with Gasteiger partial charge in [0, 0.05) is 48.3 Å². The lowest BCUT2D eigenvalue weighted by molar-refractivity contribution is 0.0410. The highest BCUT2D eigenvalue weighted by molar-refractivity contribution is 9.10. The van der Waals surface area contributed by atoms with Gasteiger partial charge in [-0.3, -0.25) is 4.90 Å². The summed E-state index contributed by atoms with van der Waals surface area (Å²) < 4.78 is 6.40. The molecule has 2 aromatic carbocycles. The zero-order valence-corrected chi connectivity index (χ0v) is 22.4. The van der Waals surface area contributed by atoms with Gasteiger partial charge >= 0.3 is 0 Å². The Morgan fingerprint density at radius 1 is 1.11 bits per heavy atom. The number of hydrogen-bond acceptors (Lipinski definition) is 8. The lowest BCUT2D eigenvalue weighted by atomic mass is 10.1. The highest BCUT2D eigenvalue weighted by Crippen LogP contribution is 2.29. The Hall–Kier alpha value is -2.17. The number of nitrogens with one attached hydrogen (secondary N) is 3. The molecule has 3 aromatic rings. The molecular weight excluding hydrogens is 548 g/mol. The van der Waals surface area contributed by atoms with Crippen LogP contribution in [0.3, 0.4) is 0 Å². The van der Waals surface area contributed by atoms with Gasteiger partial charge in [0.1, 0.15) is 11.6 Å². The molecule has 0 amide bonds. The Bertz CT molecular complexity index is 1120. The first kappa shape index (κ1) is 25.9. The zero-order chi connectivity index (χ0) is 24.5. The number of hydrogen-bond donors (Lipinski definition) is 3. The number of benzene rings is 2. The fourth-order valence-corrected chi connectivity index (χ4v) is 5.11. The largest absolute Gasteiger partial charge is 0.379 e. The molecule has 1 fully saturated rings. The second-order valence-corrected chi connectivity index (χ2v) is 10.5. The molecule has 35 heavy (non-hydrogen) atoms. The molecule has 1 saturated heterocycles. The van der Waals surface area contributed by atoms with Gasteiger partial charge in [-0.05, 0) is 23.8 Å². The second-order valence-electron chi connectivity index (χ2n) is 7.96. The molecule has 184 valence electrons. The van der Waals surface area contributed by atoms with Crippen molar-refractivity contribution in [2.24, 2.45) is 0 Å². The van der Waals surface area contributed by atoms with Crippen LogP contribution in [0.1, 0.15) is 16.5 Å². The van der Waals surface area contributed by atoms with E-state index < -0.39 is 0 Å². The van der Waals surface area contributed by atoms with Crippen molar-refractivity contribution >= 4 is 62.8 Å². The number of aromatic nitrogens is 2. The Labute approximate surface area is 223 Å². The maximum absolute atomic E-state index is 8.07. The van der Waals surface area contributed by atoms with E-state index in [1.165, 1.54) is 6.21 Å². The minimum Gasteiger partial charge on any atom is -0.379 e. The first-order valence-corrected chi connectivity index (χ1v) is 13.6. The van der Waals surface area contributed by atoms with Crippen LogP contribution in [-0.2, 0) is 4.74 Å². The van der Waals surface area contributed by atoms with E-state index in [0.29, 0.717) is 28.9 Å². The molecule has 1 atom stereocenters. The molecule has 2 heterocycles. The van der Waals surface area contributed by atoms with Crippen molar-refractivity contribution in [3.8, 4) is 0 Å². The fourth-order valence-electron chi connectivity index (χ4n) is 3.64. The summed E-state index contributed by atoms with van der Waals surface area (Å²) in [5.41, 5.74) is 2.48. The summed E-state index contributed by atoms with van der Waals surface area (Å²) in [7, 11) is 0. The summed E-state index contributed by atoms with van der Waals surface area (Å²) in [6, 6.07) is 17.8. The first-order chi connectivity index (χ1) is 17.1. The highest BCUT2D eigenvalue weighted by atomic mass is 79.9. The van der Waals surface area contributed by atoms with Crippen LogP contribution in [-0.4, -0.2) is 66.2 Å². The number of thioether (sulfide) groups is 1. The molecule has 0 bridgehead atoms. The van der Waals surface area contributed by atoms with Crippen molar-refractivity contribution in [2.45, 2.75) is 10.5 Å². The summed E-state index contributed by atoms with van der Waals surface area (Å²) in [4.78, 5) is 11.9. The zero-order valence-electron chi connectivity index (χ0n) is 19.2. The molecule has 10 heteroatoms. The highest BCUT2D eigenvalue weighted by Gasteiger charge is 2.17. The van der Waals surface area contributed by atoms with Crippen LogP contribution in [0.25, 0.3) is 0 Å². The van der Waals surface area contributed by atoms with Gasteiger partial charge in [0.2, 0.25) is 0 Å². The standard InChI is InChI=1S/C25H28BrClN6OS/c26-19-7-4-8-20(15-19)30-24-21(16-28)23(29-17-22(27)18-5-2-1-3-6-18)31-25(32-24)35-14-11-33-9-12-34-13-10-33/h1-8,15-16,22,28H,9-14,17H2,(H2,29,30,31,32). The molecule has 4 rings (SSSR count). The lowest BCUT2D eigenvalue weighted by Crippen LogP contribution is -2.37. The van der Waals surface area contributed by atoms with Crippen molar-refractivity contribution in [3.05, 3.63) is 70.2 Å². The van der Waals surface area contributed by atoms with E-state index in [9.17, 15) is 0 Å². The summed E-state index contributed by atoms with van der Waals surface area (Å²) in [6.07, 6.45) is 1.27. The second kappa shape index (κ2) is 13.2. The Morgan fingerprint density at radius 2 is 1.89 bits per heavy atom. The predicted octanol–water partition coefficient (Wildman–Crippen LogP) is 5.80. The van der Waals surface area contributed by atoms with Gasteiger partial charge < -0.3 is 20.8 Å². The number of anilines is 3. The van der Waals surface area contributed by atoms with Crippen LogP contribution in [0, 0.1) is 5.41 Å². The summed E-state index contributed by atoms with van der Waals surface area (Å²) in [5, 5.41) is 15.2. The van der Waals surface area contributed by atoms with E-state index in [2.05, 4.69) is 31.5 Å². The predicted molar refractivity (Wildman–Crippen MR) is 149 cm³/mol. The third kappa shape index (κ3) is 7.65. The van der Waals surface area contributed by atoms with E-state index in [1.807, 2.05) is 54.6 Å². The van der Waals surface area contributed by atoms with E-state index in [4.69, 9.17) is 31.7 Å². The third-order valence-corrected chi connectivity index (χ3v) is 7.24. The van der Waals surface area contributed by atoms with Crippen LogP contribution >= 0.6 is 39.3 Å². The van der Waals surface area contributed by atoms with Crippen molar-refractivity contribution in [1.82, 2.24) is 14.9 Å². The van der Waals surface area contributed by atoms with Crippen LogP contribution in [0.5, 0.6) is 0 Å². The number of morpholine rings is 1. The first-order valence-electron chi connectivity index (χ1n) is 11.4. The molecule has 0 aliphatic carbocycles. The van der Waals surface area contributed by atoms with Gasteiger partial charge in [-0.2, -0.15) is 0 Å². The number of rotatable bonds is 11. The number of nitrogens with zero attached hydrogens (tertiary/aromatic N) is 3. The number of ether oxygens (including phenoxy) is 1. The van der Waals surface area contributed by atoms with Crippen molar-refractivity contribution in [2.75, 3.05) is 55.8 Å². The minimum absolute atomic E-state index is 0.233. The van der Waals surface area contributed by atoms with Crippen molar-refractivity contribution in [3.63, 3.8) is 0 Å². The van der Waals surface area contributed by atoms with Gasteiger partial charge in [-0.25, -0.2) is 9.97 Å². The Balaban J connectivity index is 1.54. The van der Waals surface area contributed by atoms with Crippen LogP contribution in [0.4, 0.5) is 17.3 Å². The van der Waals surface area contributed by atoms with Crippen LogP contribution in [0.15, 0.2) is 64.2 Å². The van der Waals surface area contributed by atoms with Crippen LogP contribution < -0.4 is 10.6 Å². The third-order valence-electron chi connectivity index (χ3n) is 5.51. The van der Waals surface area contributed by atoms with Crippen LogP contribution in [0.2, 0.25) is 0 Å². The van der Waals surface area contributed by atoms with Gasteiger partial charge in [0.15, 0.2) is 5.16 Å². The Morgan fingerprint density at radius 3 is 2.63 bits per heavy atom. The number of halogens is 2. The molecule has 0 spiro atoms. The maximum Gasteiger partial charge on any atom is 0.191 e. The molecule has 1 aliphatic heterocycles. The Kier molecular flexibility index (Phi) is 9.79. The van der Waals surface area contributed by atoms with Gasteiger partial charge in [0.25, 0.3) is 0 Å². The monoisotopic (exact) mass is 574 g/mol. The minimum atomic E-state index is -0.233. The summed E-state index contributed by atoms with van der Waals surface area (Å²) in [6.45, 7) is 4.88. The van der Waals surface area contributed by atoms with E-state index in [-0.39, 0.29) is 5.38 Å². The molecule has 3 N–H and O–H groups in total. The van der Waals surface area contributed by atoms with E-state index in [0.717, 1.165) is 54.3 Å². The average molecular weight is 576 g/mol. The van der Waals surface area contributed by atoms with Crippen molar-refractivity contribution < 1.29 is 4.74 Å². The molecule has 1 unspecified atom stereocenters. The SMILES string of the molecule is N=Cc1c(NCC(Cl)c2ccccc2)nc(SCCN2CCOCC2)nc1Nc1cccc(Br)c1. The molecule has 7 nitrogen and oxygen atoms in total. The van der Waals surface area contributed by atoms with Gasteiger partial charge in [-0.1, -0.05) is 64.1 Å². The average Bonchev–Trinajstić information content (AvgIpc) is 2.88. The lowest BCUT2D eigenvalue weighted by Gasteiger charge is -2.26. The maximum atomic E-state index is 8.07. The van der Waals surface area contributed by atoms with E-state index >= 15 is 0 Å². The number of alkyl halides is 1. The topological polar surface area (TPSA) is 86.2 Å². The van der Waals surface area contributed by atoms with E-state index in [1.54, 1.807) is 11.8 Å². The molecule has 1 aliphatic rings. The fraction of sp³-hybridized carbons (Fsp3) is 0.320. The van der Waals surface area contributed by atoms with Gasteiger partial charge in [0.05, 0.1) is 24.2 Å². The smallest absolute Gasteiger partial charge is 0.191 e. The molecular formula is C25H28BrClN6OS.